The van der Waals surface area contributed by atoms with Crippen molar-refractivity contribution in [3.8, 4) is 0 Å². The molecular formula is C15H18FN3. The highest BCUT2D eigenvalue weighted by atomic mass is 19.1. The Morgan fingerprint density at radius 1 is 1.05 bits per heavy atom. The molecule has 1 aromatic carbocycles. The Balaban J connectivity index is 2.10. The summed E-state index contributed by atoms with van der Waals surface area (Å²) in [6.45, 7) is 4.22. The van der Waals surface area contributed by atoms with Crippen LogP contribution in [-0.4, -0.2) is 12.0 Å². The van der Waals surface area contributed by atoms with E-state index >= 15 is 0 Å². The van der Waals surface area contributed by atoms with Crippen LogP contribution in [0.25, 0.3) is 0 Å². The third-order valence-electron chi connectivity index (χ3n) is 3.02. The van der Waals surface area contributed by atoms with Gasteiger partial charge in [0.15, 0.2) is 0 Å². The van der Waals surface area contributed by atoms with Gasteiger partial charge in [0.2, 0.25) is 0 Å². The maximum atomic E-state index is 13.5. The molecule has 0 saturated heterocycles. The first kappa shape index (κ1) is 13.3. The molecular weight excluding hydrogens is 241 g/mol. The third kappa shape index (κ3) is 3.22. The number of benzene rings is 1. The van der Waals surface area contributed by atoms with Gasteiger partial charge < -0.3 is 10.6 Å². The van der Waals surface area contributed by atoms with Crippen molar-refractivity contribution in [1.29, 1.82) is 0 Å². The molecule has 0 amide bonds. The van der Waals surface area contributed by atoms with Gasteiger partial charge in [0, 0.05) is 13.6 Å². The average Bonchev–Trinajstić information content (AvgIpc) is 2.42. The van der Waals surface area contributed by atoms with Crippen LogP contribution in [0.3, 0.4) is 0 Å². The molecule has 2 N–H and O–H groups in total. The minimum Gasteiger partial charge on any atom is -0.387 e. The number of nitrogens with zero attached hydrogens (tertiary/aromatic N) is 1. The molecule has 1 aromatic heterocycles. The van der Waals surface area contributed by atoms with Crippen molar-refractivity contribution in [3.63, 3.8) is 0 Å². The Kier molecular flexibility index (Phi) is 4.00. The molecule has 0 spiro atoms. The van der Waals surface area contributed by atoms with Gasteiger partial charge in [0.25, 0.3) is 0 Å². The summed E-state index contributed by atoms with van der Waals surface area (Å²) in [7, 11) is 1.85. The van der Waals surface area contributed by atoms with Gasteiger partial charge in [-0.15, -0.1) is 0 Å². The summed E-state index contributed by atoms with van der Waals surface area (Å²) in [6.07, 6.45) is 3.53. The van der Waals surface area contributed by atoms with E-state index in [1.807, 2.05) is 25.2 Å². The normalized spacial score (nSPS) is 10.3. The average molecular weight is 259 g/mol. The maximum absolute atomic E-state index is 13.5. The summed E-state index contributed by atoms with van der Waals surface area (Å²) in [5.74, 6) is -0.123. The number of aromatic nitrogens is 1. The highest BCUT2D eigenvalue weighted by molar-refractivity contribution is 5.53. The lowest BCUT2D eigenvalue weighted by atomic mass is 10.1. The molecule has 0 radical (unpaired) electrons. The minimum absolute atomic E-state index is 0.123. The molecule has 100 valence electrons. The number of hydrogen-bond acceptors (Lipinski definition) is 3. The van der Waals surface area contributed by atoms with E-state index in [4.69, 9.17) is 0 Å². The number of hydrogen-bond donors (Lipinski definition) is 2. The Labute approximate surface area is 112 Å². The van der Waals surface area contributed by atoms with E-state index in [-0.39, 0.29) is 5.82 Å². The van der Waals surface area contributed by atoms with E-state index in [1.54, 1.807) is 26.2 Å². The molecule has 4 heteroatoms. The van der Waals surface area contributed by atoms with Gasteiger partial charge in [-0.2, -0.15) is 0 Å². The number of anilines is 2. The van der Waals surface area contributed by atoms with Crippen LogP contribution in [0.4, 0.5) is 15.8 Å². The molecule has 0 unspecified atom stereocenters. The Hall–Kier alpha value is -2.10. The van der Waals surface area contributed by atoms with E-state index in [2.05, 4.69) is 15.6 Å². The first-order valence-electron chi connectivity index (χ1n) is 6.22. The standard InChI is InChI=1S/C15H18FN3/c1-10-4-12(5-11(2)15(10)16)7-19-14-6-13(17-3)8-18-9-14/h4-6,8-9,17,19H,7H2,1-3H3. The molecule has 19 heavy (non-hydrogen) atoms. The fourth-order valence-electron chi connectivity index (χ4n) is 2.02. The number of aryl methyl sites for hydroxylation is 2. The van der Waals surface area contributed by atoms with Crippen LogP contribution in [0.5, 0.6) is 0 Å². The van der Waals surface area contributed by atoms with Crippen LogP contribution in [0.1, 0.15) is 16.7 Å². The number of halogens is 1. The minimum atomic E-state index is -0.123. The van der Waals surface area contributed by atoms with Crippen LogP contribution < -0.4 is 10.6 Å². The van der Waals surface area contributed by atoms with Gasteiger partial charge in [-0.25, -0.2) is 4.39 Å². The Morgan fingerprint density at radius 3 is 2.32 bits per heavy atom. The van der Waals surface area contributed by atoms with Crippen molar-refractivity contribution in [2.24, 2.45) is 0 Å². The molecule has 2 aromatic rings. The first-order chi connectivity index (χ1) is 9.10. The summed E-state index contributed by atoms with van der Waals surface area (Å²) < 4.78 is 13.5. The second kappa shape index (κ2) is 5.69. The molecule has 2 rings (SSSR count). The third-order valence-corrected chi connectivity index (χ3v) is 3.02. The molecule has 0 bridgehead atoms. The number of rotatable bonds is 4. The lowest BCUT2D eigenvalue weighted by molar-refractivity contribution is 0.608. The van der Waals surface area contributed by atoms with Gasteiger partial charge in [0.05, 0.1) is 23.8 Å². The van der Waals surface area contributed by atoms with Crippen molar-refractivity contribution in [1.82, 2.24) is 4.98 Å². The van der Waals surface area contributed by atoms with E-state index in [0.717, 1.165) is 16.9 Å². The molecule has 3 nitrogen and oxygen atoms in total. The molecule has 0 aliphatic rings. The first-order valence-corrected chi connectivity index (χ1v) is 6.22. The highest BCUT2D eigenvalue weighted by Gasteiger charge is 2.04. The summed E-state index contributed by atoms with van der Waals surface area (Å²) in [5, 5.41) is 6.32. The summed E-state index contributed by atoms with van der Waals surface area (Å²) in [5.41, 5.74) is 4.31. The highest BCUT2D eigenvalue weighted by Crippen LogP contribution is 2.17. The quantitative estimate of drug-likeness (QED) is 0.882. The van der Waals surface area contributed by atoms with Gasteiger partial charge in [-0.1, -0.05) is 12.1 Å². The summed E-state index contributed by atoms with van der Waals surface area (Å²) >= 11 is 0. The smallest absolute Gasteiger partial charge is 0.129 e. The second-order valence-electron chi connectivity index (χ2n) is 4.61. The van der Waals surface area contributed by atoms with Crippen molar-refractivity contribution < 1.29 is 4.39 Å². The molecule has 0 aliphatic heterocycles. The van der Waals surface area contributed by atoms with Crippen LogP contribution in [-0.2, 0) is 6.54 Å². The zero-order valence-electron chi connectivity index (χ0n) is 11.4. The fourth-order valence-corrected chi connectivity index (χ4v) is 2.02. The van der Waals surface area contributed by atoms with Gasteiger partial charge in [-0.3, -0.25) is 4.98 Å². The monoisotopic (exact) mass is 259 g/mol. The van der Waals surface area contributed by atoms with Crippen molar-refractivity contribution in [2.75, 3.05) is 17.7 Å². The van der Waals surface area contributed by atoms with Crippen molar-refractivity contribution >= 4 is 11.4 Å². The molecule has 0 atom stereocenters. The Bertz CT molecular complexity index is 558. The number of pyridine rings is 1. The lowest BCUT2D eigenvalue weighted by Crippen LogP contribution is -2.02. The second-order valence-corrected chi connectivity index (χ2v) is 4.61. The molecule has 0 aliphatic carbocycles. The maximum Gasteiger partial charge on any atom is 0.129 e. The van der Waals surface area contributed by atoms with Crippen LogP contribution >= 0.6 is 0 Å². The van der Waals surface area contributed by atoms with Crippen LogP contribution in [0, 0.1) is 19.7 Å². The van der Waals surface area contributed by atoms with E-state index in [1.165, 1.54) is 0 Å². The summed E-state index contributed by atoms with van der Waals surface area (Å²) in [4.78, 5) is 4.13. The lowest BCUT2D eigenvalue weighted by Gasteiger charge is -2.10. The van der Waals surface area contributed by atoms with E-state index < -0.39 is 0 Å². The van der Waals surface area contributed by atoms with Gasteiger partial charge >= 0.3 is 0 Å². The predicted octanol–water partition coefficient (Wildman–Crippen LogP) is 3.49. The predicted molar refractivity (Wildman–Crippen MR) is 77.0 cm³/mol. The van der Waals surface area contributed by atoms with Crippen LogP contribution in [0.2, 0.25) is 0 Å². The topological polar surface area (TPSA) is 37.0 Å². The molecule has 0 fully saturated rings. The zero-order valence-corrected chi connectivity index (χ0v) is 11.4. The Morgan fingerprint density at radius 2 is 1.68 bits per heavy atom. The largest absolute Gasteiger partial charge is 0.387 e. The summed E-state index contributed by atoms with van der Waals surface area (Å²) in [6, 6.07) is 5.71. The molecule has 0 saturated carbocycles. The fraction of sp³-hybridized carbons (Fsp3) is 0.267. The van der Waals surface area contributed by atoms with E-state index in [9.17, 15) is 4.39 Å². The van der Waals surface area contributed by atoms with Gasteiger partial charge in [-0.05, 0) is 36.6 Å². The number of nitrogens with one attached hydrogen (secondary N) is 2. The van der Waals surface area contributed by atoms with E-state index in [0.29, 0.717) is 17.7 Å². The van der Waals surface area contributed by atoms with Gasteiger partial charge in [0.1, 0.15) is 5.82 Å². The SMILES string of the molecule is CNc1cncc(NCc2cc(C)c(F)c(C)c2)c1. The molecule has 1 heterocycles. The van der Waals surface area contributed by atoms with Crippen molar-refractivity contribution in [3.05, 3.63) is 53.1 Å². The van der Waals surface area contributed by atoms with Crippen LogP contribution in [0.15, 0.2) is 30.6 Å². The van der Waals surface area contributed by atoms with Crippen molar-refractivity contribution in [2.45, 2.75) is 20.4 Å². The zero-order chi connectivity index (χ0) is 13.8.